The third-order valence-corrected chi connectivity index (χ3v) is 3.93. The van der Waals surface area contributed by atoms with Gasteiger partial charge in [-0.05, 0) is 36.5 Å². The van der Waals surface area contributed by atoms with Crippen molar-refractivity contribution in [2.24, 2.45) is 5.10 Å². The quantitative estimate of drug-likeness (QED) is 0.438. The number of halogens is 4. The summed E-state index contributed by atoms with van der Waals surface area (Å²) >= 11 is 16.8. The molecule has 0 saturated carbocycles. The minimum Gasteiger partial charge on any atom is -0.484 e. The van der Waals surface area contributed by atoms with Crippen LogP contribution in [0.5, 0.6) is 5.75 Å². The first-order chi connectivity index (χ1) is 12.4. The van der Waals surface area contributed by atoms with Gasteiger partial charge in [0.2, 0.25) is 10.6 Å². The lowest BCUT2D eigenvalue weighted by Gasteiger charge is -2.06. The van der Waals surface area contributed by atoms with Crippen LogP contribution in [0.2, 0.25) is 10.0 Å². The number of nitrogens with one attached hydrogen (secondary N) is 1. The van der Waals surface area contributed by atoms with Crippen molar-refractivity contribution in [1.29, 1.82) is 0 Å². The fourth-order valence-corrected chi connectivity index (χ4v) is 2.47. The molecule has 3 aromatic rings. The minimum atomic E-state index is -2.82. The van der Waals surface area contributed by atoms with Crippen LogP contribution in [0.1, 0.15) is 23.8 Å². The fourth-order valence-electron chi connectivity index (χ4n) is 1.95. The van der Waals surface area contributed by atoms with Gasteiger partial charge < -0.3 is 9.15 Å². The average Bonchev–Trinajstić information content (AvgIpc) is 3.20. The lowest BCUT2D eigenvalue weighted by Crippen LogP contribution is -1.99. The van der Waals surface area contributed by atoms with Crippen molar-refractivity contribution >= 4 is 41.6 Å². The average molecular weight is 419 g/mol. The first-order valence-corrected chi connectivity index (χ1v) is 8.27. The highest BCUT2D eigenvalue weighted by Crippen LogP contribution is 2.28. The molecule has 0 fully saturated rings. The Morgan fingerprint density at radius 3 is 2.92 bits per heavy atom. The number of H-pyrrole nitrogens is 1. The van der Waals surface area contributed by atoms with E-state index in [2.05, 4.69) is 15.3 Å². The van der Waals surface area contributed by atoms with Crippen molar-refractivity contribution in [3.8, 4) is 5.75 Å². The Morgan fingerprint density at radius 1 is 1.35 bits per heavy atom. The van der Waals surface area contributed by atoms with Gasteiger partial charge in [0.25, 0.3) is 6.43 Å². The van der Waals surface area contributed by atoms with Gasteiger partial charge in [-0.15, -0.1) is 0 Å². The second-order valence-electron chi connectivity index (χ2n) is 4.91. The third kappa shape index (κ3) is 4.29. The summed E-state index contributed by atoms with van der Waals surface area (Å²) < 4.78 is 37.4. The molecular weight excluding hydrogens is 409 g/mol. The largest absolute Gasteiger partial charge is 0.484 e. The molecule has 6 nitrogen and oxygen atoms in total. The summed E-state index contributed by atoms with van der Waals surface area (Å²) in [6.45, 7) is 0.0985. The SMILES string of the molecule is FC(F)c1n[nH]c(=S)n1N=Cc1ccc(COc2cc(Cl)ccc2Cl)o1. The van der Waals surface area contributed by atoms with Gasteiger partial charge in [-0.25, -0.2) is 13.9 Å². The molecule has 2 aromatic heterocycles. The number of hydrogen-bond donors (Lipinski definition) is 1. The molecule has 0 aliphatic carbocycles. The number of furan rings is 1. The molecule has 0 unspecified atom stereocenters. The molecule has 0 radical (unpaired) electrons. The standard InChI is InChI=1S/C15H10Cl2F2N4O2S/c16-8-1-4-11(17)12(5-8)24-7-10-3-2-9(25-10)6-20-23-14(13(18)19)21-22-15(23)26/h1-6,13H,7H2,(H,22,26). The third-order valence-electron chi connectivity index (χ3n) is 3.12. The van der Waals surface area contributed by atoms with Crippen molar-refractivity contribution < 1.29 is 17.9 Å². The minimum absolute atomic E-state index is 0.0535. The smallest absolute Gasteiger partial charge is 0.299 e. The van der Waals surface area contributed by atoms with Gasteiger partial charge in [-0.3, -0.25) is 0 Å². The maximum absolute atomic E-state index is 12.8. The van der Waals surface area contributed by atoms with Gasteiger partial charge in [0.15, 0.2) is 0 Å². The van der Waals surface area contributed by atoms with Crippen molar-refractivity contribution in [3.05, 3.63) is 62.5 Å². The Balaban J connectivity index is 1.70. The number of ether oxygens (including phenoxy) is 1. The predicted molar refractivity (Wildman–Crippen MR) is 94.9 cm³/mol. The number of aromatic amines is 1. The summed E-state index contributed by atoms with van der Waals surface area (Å²) in [4.78, 5) is 0. The van der Waals surface area contributed by atoms with Crippen LogP contribution in [0.25, 0.3) is 0 Å². The fraction of sp³-hybridized carbons (Fsp3) is 0.133. The molecule has 0 spiro atoms. The van der Waals surface area contributed by atoms with Gasteiger partial charge in [-0.2, -0.15) is 14.9 Å². The zero-order valence-corrected chi connectivity index (χ0v) is 15.2. The zero-order valence-electron chi connectivity index (χ0n) is 12.8. The maximum atomic E-state index is 12.8. The molecule has 0 aliphatic rings. The van der Waals surface area contributed by atoms with Crippen LogP contribution in [0.4, 0.5) is 8.78 Å². The van der Waals surface area contributed by atoms with E-state index in [0.29, 0.717) is 27.3 Å². The van der Waals surface area contributed by atoms with Gasteiger partial charge in [-0.1, -0.05) is 23.2 Å². The first-order valence-electron chi connectivity index (χ1n) is 7.10. The number of aromatic nitrogens is 3. The van der Waals surface area contributed by atoms with E-state index in [1.165, 1.54) is 6.21 Å². The zero-order chi connectivity index (χ0) is 18.7. The normalized spacial score (nSPS) is 11.6. The van der Waals surface area contributed by atoms with E-state index in [-0.39, 0.29) is 11.4 Å². The van der Waals surface area contributed by atoms with Gasteiger partial charge >= 0.3 is 0 Å². The van der Waals surface area contributed by atoms with Crippen molar-refractivity contribution in [2.45, 2.75) is 13.0 Å². The summed E-state index contributed by atoms with van der Waals surface area (Å²) in [6.07, 6.45) is -1.57. The van der Waals surface area contributed by atoms with Crippen LogP contribution in [-0.2, 0) is 6.61 Å². The number of hydrogen-bond acceptors (Lipinski definition) is 5. The van der Waals surface area contributed by atoms with Crippen LogP contribution in [0.3, 0.4) is 0 Å². The summed E-state index contributed by atoms with van der Waals surface area (Å²) in [6, 6.07) is 8.11. The Morgan fingerprint density at radius 2 is 2.15 bits per heavy atom. The highest BCUT2D eigenvalue weighted by Gasteiger charge is 2.16. The Bertz CT molecular complexity index is 1000. The topological polar surface area (TPSA) is 68.3 Å². The van der Waals surface area contributed by atoms with Crippen LogP contribution >= 0.6 is 35.4 Å². The Kier molecular flexibility index (Phi) is 5.70. The molecule has 1 N–H and O–H groups in total. The molecule has 0 saturated heterocycles. The van der Waals surface area contributed by atoms with E-state index >= 15 is 0 Å². The number of nitrogens with zero attached hydrogens (tertiary/aromatic N) is 3. The number of alkyl halides is 2. The van der Waals surface area contributed by atoms with E-state index in [1.807, 2.05) is 0 Å². The van der Waals surface area contributed by atoms with E-state index in [4.69, 9.17) is 44.6 Å². The second kappa shape index (κ2) is 7.98. The van der Waals surface area contributed by atoms with Crippen molar-refractivity contribution in [2.75, 3.05) is 0 Å². The second-order valence-corrected chi connectivity index (χ2v) is 6.14. The highest BCUT2D eigenvalue weighted by molar-refractivity contribution is 7.71. The van der Waals surface area contributed by atoms with Gasteiger partial charge in [0.05, 0.1) is 11.2 Å². The molecule has 1 aromatic carbocycles. The van der Waals surface area contributed by atoms with E-state index in [1.54, 1.807) is 30.3 Å². The molecule has 0 atom stereocenters. The Labute approximate surface area is 161 Å². The molecule has 11 heteroatoms. The molecule has 2 heterocycles. The molecule has 0 bridgehead atoms. The summed E-state index contributed by atoms with van der Waals surface area (Å²) in [5, 5.41) is 10.4. The van der Waals surface area contributed by atoms with Crippen LogP contribution in [0, 0.1) is 4.77 Å². The monoisotopic (exact) mass is 418 g/mol. The van der Waals surface area contributed by atoms with Crippen molar-refractivity contribution in [3.63, 3.8) is 0 Å². The lowest BCUT2D eigenvalue weighted by atomic mass is 10.3. The molecule has 0 amide bonds. The summed E-state index contributed by atoms with van der Waals surface area (Å²) in [5.41, 5.74) is 0. The molecule has 26 heavy (non-hydrogen) atoms. The van der Waals surface area contributed by atoms with Gasteiger partial charge in [0.1, 0.15) is 23.9 Å². The molecular formula is C15H10Cl2F2N4O2S. The lowest BCUT2D eigenvalue weighted by molar-refractivity contribution is 0.136. The maximum Gasteiger partial charge on any atom is 0.299 e. The molecule has 136 valence electrons. The molecule has 0 aliphatic heterocycles. The van der Waals surface area contributed by atoms with Crippen LogP contribution < -0.4 is 4.74 Å². The summed E-state index contributed by atoms with van der Waals surface area (Å²) in [5.74, 6) is 0.630. The highest BCUT2D eigenvalue weighted by atomic mass is 35.5. The Hall–Kier alpha value is -2.23. The molecule has 3 rings (SSSR count). The number of benzene rings is 1. The van der Waals surface area contributed by atoms with Gasteiger partial charge in [0, 0.05) is 11.1 Å². The van der Waals surface area contributed by atoms with E-state index < -0.39 is 12.2 Å². The van der Waals surface area contributed by atoms with Crippen LogP contribution in [-0.4, -0.2) is 21.1 Å². The van der Waals surface area contributed by atoms with E-state index in [9.17, 15) is 8.78 Å². The first kappa shape index (κ1) is 18.6. The summed E-state index contributed by atoms with van der Waals surface area (Å²) in [7, 11) is 0. The number of rotatable bonds is 6. The van der Waals surface area contributed by atoms with E-state index in [0.717, 1.165) is 4.68 Å². The van der Waals surface area contributed by atoms with Crippen molar-refractivity contribution in [1.82, 2.24) is 14.9 Å². The van der Waals surface area contributed by atoms with Crippen LogP contribution in [0.15, 0.2) is 39.9 Å². The predicted octanol–water partition coefficient (Wildman–Crippen LogP) is 5.24.